The molecule has 0 saturated heterocycles. The van der Waals surface area contributed by atoms with Gasteiger partial charge in [0.1, 0.15) is 0 Å². The minimum atomic E-state index is -0.613. The Bertz CT molecular complexity index is 410. The molecular weight excluding hydrogens is 287 g/mol. The van der Waals surface area contributed by atoms with E-state index in [1.54, 1.807) is 0 Å². The predicted molar refractivity (Wildman–Crippen MR) is 71.8 cm³/mol. The van der Waals surface area contributed by atoms with Gasteiger partial charge in [0.15, 0.2) is 0 Å². The molecule has 0 spiro atoms. The zero-order valence-corrected chi connectivity index (χ0v) is 12.3. The van der Waals surface area contributed by atoms with E-state index < -0.39 is 5.41 Å². The Morgan fingerprint density at radius 3 is 2.12 bits per heavy atom. The monoisotopic (exact) mass is 302 g/mol. The Kier molecular flexibility index (Phi) is 3.86. The van der Waals surface area contributed by atoms with Gasteiger partial charge in [-0.05, 0) is 23.2 Å². The van der Waals surface area contributed by atoms with Gasteiger partial charge in [0, 0.05) is 15.3 Å². The van der Waals surface area contributed by atoms with Gasteiger partial charge in [-0.3, -0.25) is 4.79 Å². The van der Waals surface area contributed by atoms with Crippen LogP contribution in [-0.4, -0.2) is 5.24 Å². The largest absolute Gasteiger partial charge is 0.281 e. The van der Waals surface area contributed by atoms with E-state index >= 15 is 0 Å². The number of carbonyl (C=O) groups excluding carboxylic acids is 1. The average Bonchev–Trinajstić information content (AvgIpc) is 2.17. The van der Waals surface area contributed by atoms with Gasteiger partial charge in [-0.2, -0.15) is 0 Å². The second-order valence-corrected chi connectivity index (χ2v) is 6.20. The van der Waals surface area contributed by atoms with Crippen LogP contribution in [0.4, 0.5) is 0 Å². The Balaban J connectivity index is 3.32. The van der Waals surface area contributed by atoms with Crippen molar-refractivity contribution in [3.63, 3.8) is 0 Å². The highest BCUT2D eigenvalue weighted by atomic mass is 79.9. The Morgan fingerprint density at radius 2 is 1.69 bits per heavy atom. The van der Waals surface area contributed by atoms with Gasteiger partial charge in [0.2, 0.25) is 5.24 Å². The lowest BCUT2D eigenvalue weighted by molar-refractivity contribution is -0.121. The van der Waals surface area contributed by atoms with Crippen molar-refractivity contribution >= 4 is 32.8 Å². The third kappa shape index (κ3) is 2.18. The van der Waals surface area contributed by atoms with Crippen molar-refractivity contribution < 1.29 is 4.79 Å². The molecule has 0 N–H and O–H groups in total. The number of halogens is 2. The van der Waals surface area contributed by atoms with Crippen LogP contribution in [0, 0.1) is 5.41 Å². The summed E-state index contributed by atoms with van der Waals surface area (Å²) in [7, 11) is 0. The van der Waals surface area contributed by atoms with Crippen LogP contribution in [0.1, 0.15) is 33.3 Å². The van der Waals surface area contributed by atoms with Crippen LogP contribution >= 0.6 is 27.5 Å². The summed E-state index contributed by atoms with van der Waals surface area (Å²) in [5.74, 6) is 0. The second-order valence-electron chi connectivity index (χ2n) is 5.00. The van der Waals surface area contributed by atoms with Gasteiger partial charge in [-0.25, -0.2) is 0 Å². The molecule has 0 fully saturated rings. The molecule has 0 saturated carbocycles. The topological polar surface area (TPSA) is 17.1 Å². The van der Waals surface area contributed by atoms with Crippen LogP contribution in [0.15, 0.2) is 28.7 Å². The van der Waals surface area contributed by atoms with E-state index in [2.05, 4.69) is 15.9 Å². The molecule has 0 bridgehead atoms. The van der Waals surface area contributed by atoms with E-state index in [0.717, 1.165) is 10.0 Å². The number of benzene rings is 1. The molecule has 0 atom stereocenters. The van der Waals surface area contributed by atoms with Gasteiger partial charge in [-0.1, -0.05) is 61.8 Å². The fraction of sp³-hybridized carbons (Fsp3) is 0.462. The summed E-state index contributed by atoms with van der Waals surface area (Å²) in [4.78, 5) is 11.5. The molecule has 1 nitrogen and oxygen atoms in total. The minimum Gasteiger partial charge on any atom is -0.281 e. The Morgan fingerprint density at radius 1 is 1.19 bits per heavy atom. The summed E-state index contributed by atoms with van der Waals surface area (Å²) in [5.41, 5.74) is 0.152. The van der Waals surface area contributed by atoms with Crippen molar-refractivity contribution in [3.8, 4) is 0 Å². The van der Waals surface area contributed by atoms with Gasteiger partial charge >= 0.3 is 0 Å². The van der Waals surface area contributed by atoms with Gasteiger partial charge in [0.25, 0.3) is 0 Å². The quantitative estimate of drug-likeness (QED) is 0.750. The summed E-state index contributed by atoms with van der Waals surface area (Å²) in [5, 5.41) is -0.312. The molecule has 0 aliphatic heterocycles. The van der Waals surface area contributed by atoms with Crippen LogP contribution in [0.25, 0.3) is 0 Å². The minimum absolute atomic E-state index is 0.312. The molecule has 0 aliphatic rings. The highest BCUT2D eigenvalue weighted by molar-refractivity contribution is 9.10. The van der Waals surface area contributed by atoms with Crippen LogP contribution in [0.5, 0.6) is 0 Å². The molecule has 1 aromatic rings. The molecule has 0 radical (unpaired) electrons. The number of hydrogen-bond donors (Lipinski definition) is 0. The maximum absolute atomic E-state index is 11.5. The van der Waals surface area contributed by atoms with E-state index in [1.165, 1.54) is 0 Å². The molecule has 1 aromatic carbocycles. The molecule has 0 amide bonds. The highest BCUT2D eigenvalue weighted by Crippen LogP contribution is 2.45. The lowest BCUT2D eigenvalue weighted by atomic mass is 9.65. The molecule has 0 heterocycles. The normalized spacial score (nSPS) is 12.6. The molecule has 88 valence electrons. The predicted octanol–water partition coefficient (Wildman–Crippen LogP) is 4.52. The first kappa shape index (κ1) is 13.7. The van der Waals surface area contributed by atoms with Gasteiger partial charge in [-0.15, -0.1) is 0 Å². The Labute approximate surface area is 110 Å². The SMILES string of the molecule is CC(C)(C(=O)Cl)C(C)(C)c1ccccc1Br. The van der Waals surface area contributed by atoms with Crippen molar-refractivity contribution in [2.75, 3.05) is 0 Å². The van der Waals surface area contributed by atoms with E-state index in [0.29, 0.717) is 0 Å². The molecule has 16 heavy (non-hydrogen) atoms. The lowest BCUT2D eigenvalue weighted by Gasteiger charge is -2.39. The molecule has 0 aromatic heterocycles. The van der Waals surface area contributed by atoms with E-state index in [-0.39, 0.29) is 10.7 Å². The summed E-state index contributed by atoms with van der Waals surface area (Å²) >= 11 is 9.22. The first-order valence-corrected chi connectivity index (χ1v) is 6.33. The molecular formula is C13H16BrClO. The summed E-state index contributed by atoms with van der Waals surface area (Å²) in [6, 6.07) is 7.92. The van der Waals surface area contributed by atoms with E-state index in [9.17, 15) is 4.79 Å². The second kappa shape index (κ2) is 4.50. The first-order valence-electron chi connectivity index (χ1n) is 5.16. The average molecular weight is 304 g/mol. The maximum atomic E-state index is 11.5. The zero-order chi connectivity index (χ0) is 12.6. The highest BCUT2D eigenvalue weighted by Gasteiger charge is 2.44. The number of hydrogen-bond acceptors (Lipinski definition) is 1. The molecule has 1 rings (SSSR count). The molecule has 3 heteroatoms. The number of rotatable bonds is 3. The summed E-state index contributed by atoms with van der Waals surface area (Å²) in [6.45, 7) is 7.82. The van der Waals surface area contributed by atoms with E-state index in [1.807, 2.05) is 52.0 Å². The third-order valence-corrected chi connectivity index (χ3v) is 4.77. The van der Waals surface area contributed by atoms with Crippen molar-refractivity contribution in [1.82, 2.24) is 0 Å². The van der Waals surface area contributed by atoms with Crippen molar-refractivity contribution in [1.29, 1.82) is 0 Å². The van der Waals surface area contributed by atoms with Crippen molar-refractivity contribution in [2.45, 2.75) is 33.1 Å². The fourth-order valence-electron chi connectivity index (χ4n) is 1.55. The van der Waals surface area contributed by atoms with Gasteiger partial charge in [0.05, 0.1) is 0 Å². The van der Waals surface area contributed by atoms with Crippen molar-refractivity contribution in [2.24, 2.45) is 5.41 Å². The standard InChI is InChI=1S/C13H16BrClO/c1-12(2,13(3,4)11(15)16)9-7-5-6-8-10(9)14/h5-8H,1-4H3. The lowest BCUT2D eigenvalue weighted by Crippen LogP contribution is -2.41. The summed E-state index contributed by atoms with van der Waals surface area (Å²) in [6.07, 6.45) is 0. The van der Waals surface area contributed by atoms with Crippen LogP contribution in [0.2, 0.25) is 0 Å². The zero-order valence-electron chi connectivity index (χ0n) is 9.97. The van der Waals surface area contributed by atoms with Crippen molar-refractivity contribution in [3.05, 3.63) is 34.3 Å². The maximum Gasteiger partial charge on any atom is 0.228 e. The molecule has 0 aliphatic carbocycles. The summed E-state index contributed by atoms with van der Waals surface area (Å²) < 4.78 is 1.01. The van der Waals surface area contributed by atoms with Crippen LogP contribution < -0.4 is 0 Å². The fourth-order valence-corrected chi connectivity index (χ4v) is 2.57. The van der Waals surface area contributed by atoms with Crippen LogP contribution in [0.3, 0.4) is 0 Å². The van der Waals surface area contributed by atoms with E-state index in [4.69, 9.17) is 11.6 Å². The van der Waals surface area contributed by atoms with Crippen LogP contribution in [-0.2, 0) is 10.2 Å². The Hall–Kier alpha value is -0.340. The number of carbonyl (C=O) groups is 1. The van der Waals surface area contributed by atoms with Gasteiger partial charge < -0.3 is 0 Å². The smallest absolute Gasteiger partial charge is 0.228 e. The first-order chi connectivity index (χ1) is 7.21. The third-order valence-electron chi connectivity index (χ3n) is 3.60. The molecule has 0 unspecified atom stereocenters.